The van der Waals surface area contributed by atoms with E-state index in [4.69, 9.17) is 4.74 Å². The maximum Gasteiger partial charge on any atom is 0.410 e. The number of rotatable bonds is 9. The van der Waals surface area contributed by atoms with Crippen molar-refractivity contribution in [2.24, 2.45) is 0 Å². The number of fused-ring (bicyclic) bond motifs is 3. The third-order valence-electron chi connectivity index (χ3n) is 6.69. The van der Waals surface area contributed by atoms with Gasteiger partial charge < -0.3 is 15.2 Å². The largest absolute Gasteiger partial charge is 0.480 e. The number of carboxylic acid groups (broad SMARTS) is 1. The van der Waals surface area contributed by atoms with Crippen molar-refractivity contribution in [3.8, 4) is 11.1 Å². The molecule has 1 atom stereocenters. The summed E-state index contributed by atoms with van der Waals surface area (Å²) in [6.07, 6.45) is 4.56. The van der Waals surface area contributed by atoms with Gasteiger partial charge >= 0.3 is 12.1 Å². The van der Waals surface area contributed by atoms with Gasteiger partial charge in [0.2, 0.25) is 5.91 Å². The summed E-state index contributed by atoms with van der Waals surface area (Å²) in [7, 11) is 0. The van der Waals surface area contributed by atoms with Gasteiger partial charge in [-0.2, -0.15) is 0 Å². The fourth-order valence-electron chi connectivity index (χ4n) is 5.02. The van der Waals surface area contributed by atoms with E-state index in [9.17, 15) is 19.5 Å². The van der Waals surface area contributed by atoms with Gasteiger partial charge in [-0.05, 0) is 41.5 Å². The molecule has 0 aliphatic heterocycles. The summed E-state index contributed by atoms with van der Waals surface area (Å²) in [6, 6.07) is 15.1. The van der Waals surface area contributed by atoms with Crippen molar-refractivity contribution in [2.45, 2.75) is 50.1 Å². The second-order valence-corrected chi connectivity index (χ2v) is 8.85. The minimum atomic E-state index is -1.14. The van der Waals surface area contributed by atoms with Gasteiger partial charge in [-0.15, -0.1) is 6.58 Å². The third kappa shape index (κ3) is 4.98. The number of ether oxygens (including phenoxy) is 1. The zero-order chi connectivity index (χ0) is 24.1. The SMILES string of the molecule is C=CCC(NC(=O)CN(C(=O)OCC1c2ccccc2-c2ccccc21)C1CCCC1)C(=O)O. The lowest BCUT2D eigenvalue weighted by Crippen LogP contribution is -2.49. The van der Waals surface area contributed by atoms with Crippen LogP contribution in [0.5, 0.6) is 0 Å². The summed E-state index contributed by atoms with van der Waals surface area (Å²) >= 11 is 0. The van der Waals surface area contributed by atoms with E-state index < -0.39 is 24.0 Å². The molecule has 1 unspecified atom stereocenters. The van der Waals surface area contributed by atoms with Crippen molar-refractivity contribution < 1.29 is 24.2 Å². The third-order valence-corrected chi connectivity index (χ3v) is 6.69. The number of hydrogen-bond donors (Lipinski definition) is 2. The van der Waals surface area contributed by atoms with E-state index in [1.54, 1.807) is 0 Å². The summed E-state index contributed by atoms with van der Waals surface area (Å²) in [6.45, 7) is 3.48. The molecule has 2 aromatic carbocycles. The van der Waals surface area contributed by atoms with Crippen LogP contribution >= 0.6 is 0 Å². The predicted octanol–water partition coefficient (Wildman–Crippen LogP) is 4.33. The number of nitrogens with one attached hydrogen (secondary N) is 1. The number of benzene rings is 2. The monoisotopic (exact) mass is 462 g/mol. The molecule has 0 heterocycles. The molecular weight excluding hydrogens is 432 g/mol. The minimum absolute atomic E-state index is 0.0698. The topological polar surface area (TPSA) is 95.9 Å². The van der Waals surface area contributed by atoms with E-state index in [2.05, 4.69) is 36.2 Å². The summed E-state index contributed by atoms with van der Waals surface area (Å²) < 4.78 is 5.79. The second kappa shape index (κ2) is 10.5. The van der Waals surface area contributed by atoms with Crippen LogP contribution in [0.25, 0.3) is 11.1 Å². The Hall–Kier alpha value is -3.61. The Morgan fingerprint density at radius 1 is 1.06 bits per heavy atom. The molecule has 178 valence electrons. The molecule has 1 saturated carbocycles. The normalized spacial score (nSPS) is 15.8. The smallest absolute Gasteiger partial charge is 0.410 e. The first kappa shape index (κ1) is 23.5. The summed E-state index contributed by atoms with van der Waals surface area (Å²) in [4.78, 5) is 38.7. The lowest BCUT2D eigenvalue weighted by molar-refractivity contribution is -0.141. The fraction of sp³-hybridized carbons (Fsp3) is 0.370. The van der Waals surface area contributed by atoms with Gasteiger partial charge in [-0.3, -0.25) is 9.69 Å². The van der Waals surface area contributed by atoms with Crippen LogP contribution in [0, 0.1) is 0 Å². The molecule has 0 aromatic heterocycles. The van der Waals surface area contributed by atoms with Crippen LogP contribution < -0.4 is 5.32 Å². The molecule has 7 heteroatoms. The Bertz CT molecular complexity index is 1030. The van der Waals surface area contributed by atoms with Crippen LogP contribution in [0.15, 0.2) is 61.2 Å². The van der Waals surface area contributed by atoms with Crippen LogP contribution in [0.2, 0.25) is 0 Å². The van der Waals surface area contributed by atoms with Gasteiger partial charge in [0.1, 0.15) is 19.2 Å². The molecule has 2 aliphatic rings. The van der Waals surface area contributed by atoms with Crippen molar-refractivity contribution in [1.82, 2.24) is 10.2 Å². The zero-order valence-corrected chi connectivity index (χ0v) is 19.1. The first-order valence-corrected chi connectivity index (χ1v) is 11.7. The summed E-state index contributed by atoms with van der Waals surface area (Å²) in [5.41, 5.74) is 4.53. The Morgan fingerprint density at radius 2 is 1.65 bits per heavy atom. The highest BCUT2D eigenvalue weighted by atomic mass is 16.6. The number of amides is 2. The van der Waals surface area contributed by atoms with E-state index in [1.807, 2.05) is 24.3 Å². The van der Waals surface area contributed by atoms with Gasteiger partial charge in [0.05, 0.1) is 0 Å². The van der Waals surface area contributed by atoms with Crippen LogP contribution in [-0.4, -0.2) is 53.2 Å². The Balaban J connectivity index is 1.46. The van der Waals surface area contributed by atoms with Crippen molar-refractivity contribution in [3.63, 3.8) is 0 Å². The van der Waals surface area contributed by atoms with Crippen LogP contribution in [0.4, 0.5) is 4.79 Å². The average Bonchev–Trinajstić information content (AvgIpc) is 3.47. The lowest BCUT2D eigenvalue weighted by atomic mass is 9.98. The Kier molecular flexibility index (Phi) is 7.30. The number of carboxylic acids is 1. The highest BCUT2D eigenvalue weighted by Crippen LogP contribution is 2.44. The summed E-state index contributed by atoms with van der Waals surface area (Å²) in [5, 5.41) is 11.8. The van der Waals surface area contributed by atoms with Crippen LogP contribution in [0.3, 0.4) is 0 Å². The second-order valence-electron chi connectivity index (χ2n) is 8.85. The van der Waals surface area contributed by atoms with Crippen LogP contribution in [0.1, 0.15) is 49.1 Å². The maximum atomic E-state index is 13.2. The highest BCUT2D eigenvalue weighted by molar-refractivity contribution is 5.87. The van der Waals surface area contributed by atoms with Gasteiger partial charge in [0.15, 0.2) is 0 Å². The van der Waals surface area contributed by atoms with Crippen molar-refractivity contribution in [2.75, 3.05) is 13.2 Å². The number of hydrogen-bond acceptors (Lipinski definition) is 4. The van der Waals surface area contributed by atoms with Crippen molar-refractivity contribution in [1.29, 1.82) is 0 Å². The molecule has 2 amide bonds. The molecule has 4 rings (SSSR count). The Labute approximate surface area is 199 Å². The maximum absolute atomic E-state index is 13.2. The van der Waals surface area contributed by atoms with Gasteiger partial charge in [-0.1, -0.05) is 67.4 Å². The molecule has 34 heavy (non-hydrogen) atoms. The molecule has 2 aliphatic carbocycles. The molecule has 0 radical (unpaired) electrons. The first-order chi connectivity index (χ1) is 16.5. The molecule has 0 saturated heterocycles. The minimum Gasteiger partial charge on any atom is -0.480 e. The fourth-order valence-corrected chi connectivity index (χ4v) is 5.02. The zero-order valence-electron chi connectivity index (χ0n) is 19.1. The number of carbonyl (C=O) groups is 3. The Morgan fingerprint density at radius 3 is 2.21 bits per heavy atom. The standard InChI is InChI=1S/C27H30N2O5/c1-2-9-24(26(31)32)28-25(30)16-29(18-10-3-4-11-18)27(33)34-17-23-21-14-7-5-12-19(21)20-13-6-8-15-22(20)23/h2,5-8,12-15,18,23-24H,1,3-4,9-11,16-17H2,(H,28,30)(H,31,32). The molecule has 0 spiro atoms. The van der Waals surface area contributed by atoms with Crippen molar-refractivity contribution in [3.05, 3.63) is 72.3 Å². The van der Waals surface area contributed by atoms with Crippen LogP contribution in [-0.2, 0) is 14.3 Å². The molecular formula is C27H30N2O5. The molecule has 1 fully saturated rings. The first-order valence-electron chi connectivity index (χ1n) is 11.7. The van der Waals surface area contributed by atoms with Gasteiger partial charge in [-0.25, -0.2) is 9.59 Å². The average molecular weight is 463 g/mol. The molecule has 7 nitrogen and oxygen atoms in total. The van der Waals surface area contributed by atoms with E-state index >= 15 is 0 Å². The lowest BCUT2D eigenvalue weighted by Gasteiger charge is -2.28. The summed E-state index contributed by atoms with van der Waals surface area (Å²) in [5.74, 6) is -1.73. The van der Waals surface area contributed by atoms with Gasteiger partial charge in [0.25, 0.3) is 0 Å². The van der Waals surface area contributed by atoms with E-state index in [0.29, 0.717) is 0 Å². The number of carbonyl (C=O) groups excluding carboxylic acids is 2. The highest BCUT2D eigenvalue weighted by Gasteiger charge is 2.33. The van der Waals surface area contributed by atoms with Crippen molar-refractivity contribution >= 4 is 18.0 Å². The van der Waals surface area contributed by atoms with E-state index in [-0.39, 0.29) is 31.5 Å². The predicted molar refractivity (Wildman–Crippen MR) is 128 cm³/mol. The number of aliphatic carboxylic acids is 1. The molecule has 0 bridgehead atoms. The molecule has 2 aromatic rings. The molecule has 2 N–H and O–H groups in total. The van der Waals surface area contributed by atoms with E-state index in [0.717, 1.165) is 47.9 Å². The number of nitrogens with zero attached hydrogens (tertiary/aromatic N) is 1. The van der Waals surface area contributed by atoms with Gasteiger partial charge in [0, 0.05) is 12.0 Å². The van der Waals surface area contributed by atoms with E-state index in [1.165, 1.54) is 11.0 Å². The quantitative estimate of drug-likeness (QED) is 0.541.